The predicted molar refractivity (Wildman–Crippen MR) is 119 cm³/mol. The lowest BCUT2D eigenvalue weighted by Gasteiger charge is -2.20. The van der Waals surface area contributed by atoms with E-state index in [9.17, 15) is 0 Å². The number of aryl methyl sites for hydroxylation is 2. The summed E-state index contributed by atoms with van der Waals surface area (Å²) in [6, 6.07) is 9.12. The number of rotatable bonds is 6. The molecule has 1 aliphatic rings. The lowest BCUT2D eigenvalue weighted by atomic mass is 10.2. The molecule has 3 rings (SSSR count). The molecule has 7 nitrogen and oxygen atoms in total. The Kier molecular flexibility index (Phi) is 8.33. The van der Waals surface area contributed by atoms with E-state index < -0.39 is 0 Å². The van der Waals surface area contributed by atoms with Gasteiger partial charge in [-0.2, -0.15) is 4.98 Å². The Morgan fingerprint density at radius 1 is 1.30 bits per heavy atom. The first-order chi connectivity index (χ1) is 12.6. The van der Waals surface area contributed by atoms with Crippen molar-refractivity contribution in [3.8, 4) is 0 Å². The lowest BCUT2D eigenvalue weighted by Crippen LogP contribution is -2.44. The fraction of sp³-hybridized carbons (Fsp3) is 0.526. The summed E-state index contributed by atoms with van der Waals surface area (Å²) in [4.78, 5) is 11.3. The van der Waals surface area contributed by atoms with Crippen LogP contribution in [0.5, 0.6) is 0 Å². The Labute approximate surface area is 178 Å². The lowest BCUT2D eigenvalue weighted by molar-refractivity contribution is 0.376. The highest BCUT2D eigenvalue weighted by atomic mass is 127. The number of hydrogen-bond acceptors (Lipinski definition) is 5. The normalized spacial score (nSPS) is 16.9. The fourth-order valence-corrected chi connectivity index (χ4v) is 3.09. The number of hydrogen-bond donors (Lipinski definition) is 2. The van der Waals surface area contributed by atoms with Crippen molar-refractivity contribution in [2.45, 2.75) is 39.7 Å². The second-order valence-corrected chi connectivity index (χ2v) is 6.66. The van der Waals surface area contributed by atoms with Crippen molar-refractivity contribution >= 4 is 35.6 Å². The molecule has 0 amide bonds. The first-order valence-electron chi connectivity index (χ1n) is 9.29. The van der Waals surface area contributed by atoms with E-state index >= 15 is 0 Å². The minimum absolute atomic E-state index is 0. The van der Waals surface area contributed by atoms with Gasteiger partial charge in [-0.05, 0) is 39.3 Å². The molecule has 1 aromatic heterocycles. The number of guanidine groups is 1. The highest BCUT2D eigenvalue weighted by Crippen LogP contribution is 2.20. The van der Waals surface area contributed by atoms with E-state index in [1.165, 1.54) is 11.3 Å². The number of anilines is 1. The molecular formula is C19H29IN6O. The second kappa shape index (κ2) is 10.5. The van der Waals surface area contributed by atoms with Gasteiger partial charge >= 0.3 is 0 Å². The van der Waals surface area contributed by atoms with Crippen LogP contribution in [0.25, 0.3) is 0 Å². The first-order valence-corrected chi connectivity index (χ1v) is 9.29. The van der Waals surface area contributed by atoms with Crippen molar-refractivity contribution in [3.05, 3.63) is 41.5 Å². The molecule has 1 aliphatic heterocycles. The molecule has 2 heterocycles. The van der Waals surface area contributed by atoms with E-state index in [0.717, 1.165) is 32.0 Å². The Morgan fingerprint density at radius 3 is 2.74 bits per heavy atom. The van der Waals surface area contributed by atoms with E-state index in [0.29, 0.717) is 30.7 Å². The topological polar surface area (TPSA) is 78.6 Å². The molecule has 0 spiro atoms. The quantitative estimate of drug-likeness (QED) is 0.373. The summed E-state index contributed by atoms with van der Waals surface area (Å²) in [5.41, 5.74) is 2.58. The largest absolute Gasteiger partial charge is 0.369 e. The molecule has 0 aliphatic carbocycles. The molecule has 27 heavy (non-hydrogen) atoms. The van der Waals surface area contributed by atoms with Gasteiger partial charge in [0, 0.05) is 37.8 Å². The predicted octanol–water partition coefficient (Wildman–Crippen LogP) is 2.68. The van der Waals surface area contributed by atoms with Crippen LogP contribution in [0.3, 0.4) is 0 Å². The molecule has 1 fully saturated rings. The van der Waals surface area contributed by atoms with E-state index in [-0.39, 0.29) is 24.0 Å². The summed E-state index contributed by atoms with van der Waals surface area (Å²) in [6.07, 6.45) is 1.75. The number of aliphatic imine (C=N–C) groups is 1. The standard InChI is InChI=1S/C19H28N6O.HI/c1-4-20-19(21-11-9-18-22-15(3)24-26-18)23-16-10-12-25(13-16)17-7-5-14(2)6-8-17;/h5-8,16H,4,9-13H2,1-3H3,(H2,20,21,23);1H. The number of benzene rings is 1. The van der Waals surface area contributed by atoms with Gasteiger partial charge in [0.1, 0.15) is 0 Å². The van der Waals surface area contributed by atoms with Gasteiger partial charge in [-0.15, -0.1) is 24.0 Å². The SMILES string of the molecule is CCNC(=NCCc1nc(C)no1)NC1CCN(c2ccc(C)cc2)C1.I. The number of halogens is 1. The van der Waals surface area contributed by atoms with E-state index in [1.54, 1.807) is 0 Å². The number of aromatic nitrogens is 2. The van der Waals surface area contributed by atoms with Gasteiger partial charge in [0.2, 0.25) is 5.89 Å². The maximum atomic E-state index is 5.13. The maximum Gasteiger partial charge on any atom is 0.228 e. The van der Waals surface area contributed by atoms with Crippen molar-refractivity contribution in [2.75, 3.05) is 31.1 Å². The zero-order valence-corrected chi connectivity index (χ0v) is 18.6. The monoisotopic (exact) mass is 484 g/mol. The highest BCUT2D eigenvalue weighted by molar-refractivity contribution is 14.0. The summed E-state index contributed by atoms with van der Waals surface area (Å²) in [7, 11) is 0. The molecule has 2 N–H and O–H groups in total. The minimum atomic E-state index is 0. The molecule has 1 unspecified atom stereocenters. The van der Waals surface area contributed by atoms with Crippen LogP contribution < -0.4 is 15.5 Å². The van der Waals surface area contributed by atoms with Gasteiger partial charge in [0.15, 0.2) is 11.8 Å². The summed E-state index contributed by atoms with van der Waals surface area (Å²) in [5, 5.41) is 10.7. The van der Waals surface area contributed by atoms with Crippen LogP contribution >= 0.6 is 24.0 Å². The number of nitrogens with zero attached hydrogens (tertiary/aromatic N) is 4. The van der Waals surface area contributed by atoms with Crippen molar-refractivity contribution in [1.29, 1.82) is 0 Å². The van der Waals surface area contributed by atoms with Crippen LogP contribution in [0.2, 0.25) is 0 Å². The Balaban J connectivity index is 0.00000261. The van der Waals surface area contributed by atoms with Gasteiger partial charge in [-0.25, -0.2) is 0 Å². The molecule has 0 bridgehead atoms. The third kappa shape index (κ3) is 6.37. The molecular weight excluding hydrogens is 455 g/mol. The van der Waals surface area contributed by atoms with Gasteiger partial charge in [0.25, 0.3) is 0 Å². The van der Waals surface area contributed by atoms with Crippen LogP contribution in [0.4, 0.5) is 5.69 Å². The molecule has 2 aromatic rings. The van der Waals surface area contributed by atoms with Crippen LogP contribution in [0.1, 0.15) is 30.6 Å². The van der Waals surface area contributed by atoms with Crippen LogP contribution in [0, 0.1) is 13.8 Å². The van der Waals surface area contributed by atoms with Gasteiger partial charge in [-0.3, -0.25) is 4.99 Å². The summed E-state index contributed by atoms with van der Waals surface area (Å²) < 4.78 is 5.13. The van der Waals surface area contributed by atoms with E-state index in [4.69, 9.17) is 4.52 Å². The van der Waals surface area contributed by atoms with Crippen LogP contribution in [-0.2, 0) is 6.42 Å². The molecule has 1 aromatic carbocycles. The third-order valence-electron chi connectivity index (χ3n) is 4.44. The Morgan fingerprint density at radius 2 is 2.07 bits per heavy atom. The molecule has 1 saturated heterocycles. The molecule has 148 valence electrons. The van der Waals surface area contributed by atoms with Crippen LogP contribution in [0.15, 0.2) is 33.8 Å². The summed E-state index contributed by atoms with van der Waals surface area (Å²) >= 11 is 0. The molecule has 0 saturated carbocycles. The minimum Gasteiger partial charge on any atom is -0.369 e. The zero-order chi connectivity index (χ0) is 18.4. The average molecular weight is 484 g/mol. The van der Waals surface area contributed by atoms with Gasteiger partial charge in [0.05, 0.1) is 6.54 Å². The molecule has 0 radical (unpaired) electrons. The van der Waals surface area contributed by atoms with Crippen molar-refractivity contribution < 1.29 is 4.52 Å². The summed E-state index contributed by atoms with van der Waals surface area (Å²) in [6.45, 7) is 9.50. The Hall–Kier alpha value is -1.84. The maximum absolute atomic E-state index is 5.13. The third-order valence-corrected chi connectivity index (χ3v) is 4.44. The van der Waals surface area contributed by atoms with Crippen molar-refractivity contribution in [3.63, 3.8) is 0 Å². The second-order valence-electron chi connectivity index (χ2n) is 6.66. The van der Waals surface area contributed by atoms with Crippen LogP contribution in [-0.4, -0.2) is 48.3 Å². The van der Waals surface area contributed by atoms with E-state index in [1.807, 2.05) is 6.92 Å². The molecule has 8 heteroatoms. The zero-order valence-electron chi connectivity index (χ0n) is 16.2. The average Bonchev–Trinajstić information content (AvgIpc) is 3.25. The summed E-state index contributed by atoms with van der Waals surface area (Å²) in [5.74, 6) is 2.14. The van der Waals surface area contributed by atoms with Crippen molar-refractivity contribution in [1.82, 2.24) is 20.8 Å². The van der Waals surface area contributed by atoms with Gasteiger partial charge < -0.3 is 20.1 Å². The van der Waals surface area contributed by atoms with E-state index in [2.05, 4.69) is 68.8 Å². The van der Waals surface area contributed by atoms with Gasteiger partial charge in [-0.1, -0.05) is 22.9 Å². The molecule has 1 atom stereocenters. The highest BCUT2D eigenvalue weighted by Gasteiger charge is 2.23. The number of nitrogens with one attached hydrogen (secondary N) is 2. The first kappa shape index (κ1) is 21.5. The fourth-order valence-electron chi connectivity index (χ4n) is 3.09. The smallest absolute Gasteiger partial charge is 0.228 e. The Bertz CT molecular complexity index is 730. The van der Waals surface area contributed by atoms with Crippen molar-refractivity contribution in [2.24, 2.45) is 4.99 Å².